The quantitative estimate of drug-likeness (QED) is 0.533. The van der Waals surface area contributed by atoms with Gasteiger partial charge < -0.3 is 15.5 Å². The van der Waals surface area contributed by atoms with Gasteiger partial charge in [-0.15, -0.1) is 0 Å². The first kappa shape index (κ1) is 24.7. The van der Waals surface area contributed by atoms with Crippen LogP contribution in [-0.4, -0.2) is 42.4 Å². The van der Waals surface area contributed by atoms with Crippen molar-refractivity contribution in [2.24, 2.45) is 0 Å². The Balaban J connectivity index is 1.43. The molecule has 0 spiro atoms. The maximum atomic E-state index is 13.5. The van der Waals surface area contributed by atoms with Crippen molar-refractivity contribution < 1.29 is 18.8 Å². The van der Waals surface area contributed by atoms with Crippen LogP contribution in [0.5, 0.6) is 0 Å². The van der Waals surface area contributed by atoms with E-state index in [1.165, 1.54) is 49.9 Å². The molecule has 0 aromatic heterocycles. The van der Waals surface area contributed by atoms with Gasteiger partial charge in [-0.2, -0.15) is 0 Å². The molecular weight excluding hydrogens is 447 g/mol. The van der Waals surface area contributed by atoms with E-state index in [0.29, 0.717) is 24.1 Å². The third kappa shape index (κ3) is 5.47. The summed E-state index contributed by atoms with van der Waals surface area (Å²) in [4.78, 5) is 42.3. The highest BCUT2D eigenvalue weighted by Gasteiger charge is 2.52. The van der Waals surface area contributed by atoms with Crippen LogP contribution in [-0.2, 0) is 15.1 Å². The van der Waals surface area contributed by atoms with Gasteiger partial charge >= 0.3 is 6.03 Å². The van der Waals surface area contributed by atoms with Crippen LogP contribution in [0.3, 0.4) is 0 Å². The summed E-state index contributed by atoms with van der Waals surface area (Å²) in [6, 6.07) is 12.6. The number of nitrogens with one attached hydrogen (secondary N) is 2. The summed E-state index contributed by atoms with van der Waals surface area (Å²) in [6.45, 7) is 3.66. The minimum absolute atomic E-state index is 0.371. The first-order chi connectivity index (χ1) is 16.9. The highest BCUT2D eigenvalue weighted by molar-refractivity contribution is 6.10. The van der Waals surface area contributed by atoms with Crippen molar-refractivity contribution in [3.8, 4) is 0 Å². The summed E-state index contributed by atoms with van der Waals surface area (Å²) < 4.78 is 13.5. The average molecular weight is 481 g/mol. The van der Waals surface area contributed by atoms with E-state index in [0.717, 1.165) is 30.1 Å². The summed E-state index contributed by atoms with van der Waals surface area (Å²) in [5.41, 5.74) is 0.948. The predicted molar refractivity (Wildman–Crippen MR) is 134 cm³/mol. The fourth-order valence-corrected chi connectivity index (χ4v) is 4.88. The second kappa shape index (κ2) is 10.9. The zero-order valence-corrected chi connectivity index (χ0v) is 20.2. The minimum atomic E-state index is -1.30. The highest BCUT2D eigenvalue weighted by Crippen LogP contribution is 2.34. The van der Waals surface area contributed by atoms with Gasteiger partial charge in [0, 0.05) is 24.5 Å². The molecule has 35 heavy (non-hydrogen) atoms. The van der Waals surface area contributed by atoms with E-state index >= 15 is 0 Å². The molecule has 186 valence electrons. The van der Waals surface area contributed by atoms with Crippen LogP contribution in [0.2, 0.25) is 0 Å². The predicted octanol–water partition coefficient (Wildman–Crippen LogP) is 4.78. The Hall–Kier alpha value is -3.42. The molecule has 2 fully saturated rings. The van der Waals surface area contributed by atoms with Crippen LogP contribution in [0.1, 0.15) is 57.4 Å². The number of nitrogens with zero attached hydrogens (tertiary/aromatic N) is 2. The monoisotopic (exact) mass is 480 g/mol. The second-order valence-corrected chi connectivity index (χ2v) is 9.33. The third-order valence-electron chi connectivity index (χ3n) is 6.84. The maximum Gasteiger partial charge on any atom is 0.325 e. The number of unbranched alkanes of at least 4 members (excludes halogenated alkanes) is 1. The van der Waals surface area contributed by atoms with Crippen molar-refractivity contribution in [2.75, 3.05) is 29.9 Å². The van der Waals surface area contributed by atoms with Gasteiger partial charge in [0.1, 0.15) is 17.9 Å². The summed E-state index contributed by atoms with van der Waals surface area (Å²) in [5, 5.41) is 5.57. The number of urea groups is 1. The van der Waals surface area contributed by atoms with Gasteiger partial charge in [0.05, 0.1) is 0 Å². The fraction of sp³-hybridized carbons (Fsp3) is 0.444. The SMILES string of the molecule is CCCCC1(c2ccc(F)cc2)NC(=O)N(CC(=O)Nc2ccc(N3CCCCCC3)cc2)C1=O. The molecule has 0 radical (unpaired) electrons. The Morgan fingerprint density at radius 1 is 1.00 bits per heavy atom. The molecule has 8 heteroatoms. The van der Waals surface area contributed by atoms with Crippen LogP contribution in [0, 0.1) is 5.82 Å². The molecule has 1 atom stereocenters. The minimum Gasteiger partial charge on any atom is -0.372 e. The maximum absolute atomic E-state index is 13.5. The summed E-state index contributed by atoms with van der Waals surface area (Å²) in [6.07, 6.45) is 6.76. The molecule has 4 rings (SSSR count). The van der Waals surface area contributed by atoms with E-state index in [1.807, 2.05) is 31.2 Å². The van der Waals surface area contributed by atoms with Gasteiger partial charge in [-0.25, -0.2) is 9.18 Å². The summed E-state index contributed by atoms with van der Waals surface area (Å²) >= 11 is 0. The lowest BCUT2D eigenvalue weighted by atomic mass is 9.85. The number of anilines is 2. The lowest BCUT2D eigenvalue weighted by molar-refractivity contribution is -0.134. The zero-order valence-electron chi connectivity index (χ0n) is 20.2. The molecule has 2 aliphatic rings. The summed E-state index contributed by atoms with van der Waals surface area (Å²) in [5.74, 6) is -1.37. The molecule has 2 aliphatic heterocycles. The van der Waals surface area contributed by atoms with Crippen molar-refractivity contribution in [1.29, 1.82) is 0 Å². The Kier molecular flexibility index (Phi) is 7.68. The normalized spacial score (nSPS) is 20.5. The van der Waals surface area contributed by atoms with Crippen LogP contribution in [0.15, 0.2) is 48.5 Å². The van der Waals surface area contributed by atoms with Crippen molar-refractivity contribution in [3.05, 3.63) is 59.9 Å². The molecule has 2 aromatic rings. The number of halogens is 1. The van der Waals surface area contributed by atoms with E-state index in [-0.39, 0.29) is 0 Å². The molecule has 2 N–H and O–H groups in total. The van der Waals surface area contributed by atoms with Gasteiger partial charge in [-0.3, -0.25) is 14.5 Å². The molecule has 4 amide bonds. The number of benzene rings is 2. The molecule has 2 heterocycles. The van der Waals surface area contributed by atoms with Crippen LogP contribution in [0.25, 0.3) is 0 Å². The van der Waals surface area contributed by atoms with Crippen LogP contribution < -0.4 is 15.5 Å². The van der Waals surface area contributed by atoms with Gasteiger partial charge in [0.2, 0.25) is 5.91 Å². The molecule has 0 aliphatic carbocycles. The third-order valence-corrected chi connectivity index (χ3v) is 6.84. The molecule has 0 bridgehead atoms. The molecule has 2 saturated heterocycles. The topological polar surface area (TPSA) is 81.8 Å². The van der Waals surface area contributed by atoms with E-state index < -0.39 is 35.7 Å². The summed E-state index contributed by atoms with van der Waals surface area (Å²) in [7, 11) is 0. The Labute approximate surface area is 205 Å². The van der Waals surface area contributed by atoms with Gasteiger partial charge in [0.25, 0.3) is 5.91 Å². The zero-order chi connectivity index (χ0) is 24.8. The highest BCUT2D eigenvalue weighted by atomic mass is 19.1. The van der Waals surface area contributed by atoms with Gasteiger partial charge in [-0.05, 0) is 61.2 Å². The van der Waals surface area contributed by atoms with Gasteiger partial charge in [-0.1, -0.05) is 44.7 Å². The first-order valence-electron chi connectivity index (χ1n) is 12.5. The largest absolute Gasteiger partial charge is 0.372 e. The number of amides is 4. The number of carbonyl (C=O) groups is 3. The molecular formula is C27H33FN4O3. The lowest BCUT2D eigenvalue weighted by Crippen LogP contribution is -2.44. The number of imide groups is 1. The van der Waals surface area contributed by atoms with Crippen molar-refractivity contribution in [1.82, 2.24) is 10.2 Å². The second-order valence-electron chi connectivity index (χ2n) is 9.33. The van der Waals surface area contributed by atoms with E-state index in [1.54, 1.807) is 0 Å². The van der Waals surface area contributed by atoms with Gasteiger partial charge in [0.15, 0.2) is 0 Å². The molecule has 7 nitrogen and oxygen atoms in total. The van der Waals surface area contributed by atoms with Crippen LogP contribution >= 0.6 is 0 Å². The van der Waals surface area contributed by atoms with E-state index in [4.69, 9.17) is 0 Å². The molecule has 0 saturated carbocycles. The lowest BCUT2D eigenvalue weighted by Gasteiger charge is -2.27. The van der Waals surface area contributed by atoms with E-state index in [2.05, 4.69) is 15.5 Å². The molecule has 1 unspecified atom stereocenters. The van der Waals surface area contributed by atoms with Crippen LogP contribution in [0.4, 0.5) is 20.6 Å². The first-order valence-corrected chi connectivity index (χ1v) is 12.5. The fourth-order valence-electron chi connectivity index (χ4n) is 4.88. The number of hydrogen-bond acceptors (Lipinski definition) is 4. The smallest absolute Gasteiger partial charge is 0.325 e. The standard InChI is InChI=1S/C27H33FN4O3/c1-2-3-16-27(20-8-10-21(28)11-9-20)25(34)32(26(35)30-27)19-24(33)29-22-12-14-23(15-13-22)31-17-6-4-5-7-18-31/h8-15H,2-7,16-19H2,1H3,(H,29,33)(H,30,35). The van der Waals surface area contributed by atoms with Crippen molar-refractivity contribution >= 4 is 29.2 Å². The number of carbonyl (C=O) groups excluding carboxylic acids is 3. The molecule has 2 aromatic carbocycles. The number of hydrogen-bond donors (Lipinski definition) is 2. The Bertz CT molecular complexity index is 1050. The van der Waals surface area contributed by atoms with E-state index in [9.17, 15) is 18.8 Å². The van der Waals surface area contributed by atoms with Crippen molar-refractivity contribution in [3.63, 3.8) is 0 Å². The van der Waals surface area contributed by atoms with Crippen molar-refractivity contribution in [2.45, 2.75) is 57.4 Å². The Morgan fingerprint density at radius 2 is 1.66 bits per heavy atom. The number of rotatable bonds is 8. The average Bonchev–Trinajstić information content (AvgIpc) is 3.04. The Morgan fingerprint density at radius 3 is 2.29 bits per heavy atom.